The predicted molar refractivity (Wildman–Crippen MR) is 103 cm³/mol. The van der Waals surface area contributed by atoms with Gasteiger partial charge >= 0.3 is 5.91 Å². The number of carbonyl (C=O) groups excluding carboxylic acids is 1. The Morgan fingerprint density at radius 2 is 1.81 bits per heavy atom. The summed E-state index contributed by atoms with van der Waals surface area (Å²) in [6.45, 7) is 2.23. The van der Waals surface area contributed by atoms with Gasteiger partial charge in [0.25, 0.3) is 0 Å². The van der Waals surface area contributed by atoms with Gasteiger partial charge in [-0.15, -0.1) is 5.10 Å². The predicted octanol–water partition coefficient (Wildman–Crippen LogP) is 2.02. The average Bonchev–Trinajstić information content (AvgIpc) is 3.07. The van der Waals surface area contributed by atoms with Crippen LogP contribution >= 0.6 is 12.2 Å². The van der Waals surface area contributed by atoms with Gasteiger partial charge in [-0.2, -0.15) is 0 Å². The molecule has 0 fully saturated rings. The lowest BCUT2D eigenvalue weighted by molar-refractivity contribution is 0.0933. The Morgan fingerprint density at radius 1 is 1.11 bits per heavy atom. The Labute approximate surface area is 160 Å². The molecular formula is C18H17FN6OS. The molecule has 0 unspecified atom stereocenters. The number of thiocarbonyl (C=S) groups is 1. The fraction of sp³-hybridized carbons (Fsp3) is 0.111. The van der Waals surface area contributed by atoms with Crippen LogP contribution in [0.25, 0.3) is 5.69 Å². The zero-order chi connectivity index (χ0) is 19.2. The first kappa shape index (κ1) is 18.5. The van der Waals surface area contributed by atoms with Gasteiger partial charge in [0.2, 0.25) is 5.82 Å². The van der Waals surface area contributed by atoms with Gasteiger partial charge in [0.1, 0.15) is 11.6 Å². The Hall–Kier alpha value is -3.33. The molecule has 1 aromatic heterocycles. The number of amides is 1. The summed E-state index contributed by atoms with van der Waals surface area (Å²) < 4.78 is 14.5. The minimum absolute atomic E-state index is 0.0322. The summed E-state index contributed by atoms with van der Waals surface area (Å²) in [6, 6.07) is 15.5. The van der Waals surface area contributed by atoms with Crippen LogP contribution < -0.4 is 16.2 Å². The molecule has 0 spiro atoms. The Morgan fingerprint density at radius 3 is 2.52 bits per heavy atom. The van der Waals surface area contributed by atoms with Crippen molar-refractivity contribution in [3.8, 4) is 5.69 Å². The molecule has 2 aromatic carbocycles. The number of benzene rings is 2. The molecule has 0 radical (unpaired) electrons. The number of aromatic nitrogens is 3. The highest BCUT2D eigenvalue weighted by atomic mass is 32.1. The minimum Gasteiger partial charge on any atom is -0.357 e. The number of nitrogens with one attached hydrogen (secondary N) is 3. The first-order chi connectivity index (χ1) is 13.0. The third kappa shape index (κ3) is 4.85. The molecule has 0 bridgehead atoms. The molecule has 0 aliphatic carbocycles. The normalized spacial score (nSPS) is 10.3. The lowest BCUT2D eigenvalue weighted by Crippen LogP contribution is -2.46. The number of hydrazine groups is 1. The molecule has 1 amide bonds. The number of hydrogen-bond acceptors (Lipinski definition) is 4. The number of aryl methyl sites for hydroxylation is 1. The lowest BCUT2D eigenvalue weighted by atomic mass is 10.2. The van der Waals surface area contributed by atoms with E-state index in [2.05, 4.69) is 26.3 Å². The third-order valence-corrected chi connectivity index (χ3v) is 3.88. The zero-order valence-corrected chi connectivity index (χ0v) is 15.3. The van der Waals surface area contributed by atoms with Crippen molar-refractivity contribution >= 4 is 23.2 Å². The number of carbonyl (C=O) groups is 1. The van der Waals surface area contributed by atoms with Gasteiger partial charge in [-0.3, -0.25) is 15.6 Å². The van der Waals surface area contributed by atoms with Gasteiger partial charge in [-0.25, -0.2) is 14.1 Å². The van der Waals surface area contributed by atoms with Crippen molar-refractivity contribution in [2.45, 2.75) is 13.5 Å². The molecule has 3 aromatic rings. The molecule has 3 N–H and O–H groups in total. The molecule has 3 rings (SSSR count). The average molecular weight is 384 g/mol. The van der Waals surface area contributed by atoms with Crippen LogP contribution in [0.1, 0.15) is 22.0 Å². The van der Waals surface area contributed by atoms with E-state index >= 15 is 0 Å². The maximum atomic E-state index is 13.0. The van der Waals surface area contributed by atoms with Crippen LogP contribution in [0.4, 0.5) is 4.39 Å². The summed E-state index contributed by atoms with van der Waals surface area (Å²) >= 11 is 5.12. The van der Waals surface area contributed by atoms with Crippen molar-refractivity contribution in [1.82, 2.24) is 30.9 Å². The first-order valence-corrected chi connectivity index (χ1v) is 8.51. The second-order valence-corrected chi connectivity index (χ2v) is 6.03. The maximum Gasteiger partial charge on any atom is 0.309 e. The second-order valence-electron chi connectivity index (χ2n) is 5.62. The molecule has 0 aliphatic heterocycles. The van der Waals surface area contributed by atoms with Crippen molar-refractivity contribution in [2.24, 2.45) is 0 Å². The molecule has 0 saturated heterocycles. The van der Waals surface area contributed by atoms with Crippen LogP contribution in [0, 0.1) is 12.7 Å². The number of hydrogen-bond donors (Lipinski definition) is 3. The van der Waals surface area contributed by atoms with Crippen LogP contribution in [0.3, 0.4) is 0 Å². The highest BCUT2D eigenvalue weighted by Gasteiger charge is 2.15. The van der Waals surface area contributed by atoms with E-state index in [1.165, 1.54) is 16.8 Å². The molecule has 9 heteroatoms. The Kier molecular flexibility index (Phi) is 5.72. The lowest BCUT2D eigenvalue weighted by Gasteiger charge is -2.10. The van der Waals surface area contributed by atoms with Crippen molar-refractivity contribution in [3.05, 3.63) is 77.6 Å². The molecule has 7 nitrogen and oxygen atoms in total. The monoisotopic (exact) mass is 384 g/mol. The third-order valence-electron chi connectivity index (χ3n) is 3.63. The van der Waals surface area contributed by atoms with E-state index in [0.717, 1.165) is 5.56 Å². The summed E-state index contributed by atoms with van der Waals surface area (Å²) in [5.74, 6) is -0.426. The highest BCUT2D eigenvalue weighted by molar-refractivity contribution is 7.80. The molecular weight excluding hydrogens is 367 g/mol. The standard InChI is InChI=1S/C18H17FN6OS/c1-12-21-16(24-25(12)15-9-7-14(19)8-10-15)17(26)22-23-18(27)20-11-13-5-3-2-4-6-13/h2-10H,11H2,1H3,(H,22,26)(H2,20,23,27). The fourth-order valence-electron chi connectivity index (χ4n) is 2.30. The van der Waals surface area contributed by atoms with Gasteiger partial charge in [-0.1, -0.05) is 30.3 Å². The van der Waals surface area contributed by atoms with Gasteiger partial charge in [0, 0.05) is 6.54 Å². The highest BCUT2D eigenvalue weighted by Crippen LogP contribution is 2.10. The van der Waals surface area contributed by atoms with Crippen LogP contribution in [-0.2, 0) is 6.54 Å². The van der Waals surface area contributed by atoms with Crippen LogP contribution in [0.2, 0.25) is 0 Å². The number of nitrogens with zero attached hydrogens (tertiary/aromatic N) is 3. The molecule has 0 atom stereocenters. The number of rotatable bonds is 4. The first-order valence-electron chi connectivity index (χ1n) is 8.10. The largest absolute Gasteiger partial charge is 0.357 e. The maximum absolute atomic E-state index is 13.0. The van der Waals surface area contributed by atoms with Crippen LogP contribution in [-0.4, -0.2) is 25.8 Å². The van der Waals surface area contributed by atoms with E-state index in [-0.39, 0.29) is 16.8 Å². The summed E-state index contributed by atoms with van der Waals surface area (Å²) in [5, 5.41) is 7.39. The minimum atomic E-state index is -0.539. The van der Waals surface area contributed by atoms with Crippen LogP contribution in [0.15, 0.2) is 54.6 Å². The zero-order valence-electron chi connectivity index (χ0n) is 14.4. The van der Waals surface area contributed by atoms with E-state index in [9.17, 15) is 9.18 Å². The molecule has 27 heavy (non-hydrogen) atoms. The SMILES string of the molecule is Cc1nc(C(=O)NNC(=S)NCc2ccccc2)nn1-c1ccc(F)cc1. The van der Waals surface area contributed by atoms with E-state index in [0.29, 0.717) is 18.1 Å². The number of halogens is 1. The van der Waals surface area contributed by atoms with Crippen molar-refractivity contribution in [3.63, 3.8) is 0 Å². The van der Waals surface area contributed by atoms with E-state index in [4.69, 9.17) is 12.2 Å². The second kappa shape index (κ2) is 8.37. The van der Waals surface area contributed by atoms with E-state index in [1.807, 2.05) is 30.3 Å². The summed E-state index contributed by atoms with van der Waals surface area (Å²) in [7, 11) is 0. The summed E-state index contributed by atoms with van der Waals surface area (Å²) in [4.78, 5) is 16.3. The van der Waals surface area contributed by atoms with E-state index < -0.39 is 5.91 Å². The van der Waals surface area contributed by atoms with Crippen LogP contribution in [0.5, 0.6) is 0 Å². The summed E-state index contributed by atoms with van der Waals surface area (Å²) in [6.07, 6.45) is 0. The quantitative estimate of drug-likeness (QED) is 0.472. The molecule has 138 valence electrons. The summed E-state index contributed by atoms with van der Waals surface area (Å²) in [5.41, 5.74) is 6.72. The Balaban J connectivity index is 1.56. The smallest absolute Gasteiger partial charge is 0.309 e. The van der Waals surface area contributed by atoms with E-state index in [1.54, 1.807) is 19.1 Å². The van der Waals surface area contributed by atoms with Crippen molar-refractivity contribution < 1.29 is 9.18 Å². The topological polar surface area (TPSA) is 83.9 Å². The molecule has 0 saturated carbocycles. The molecule has 0 aliphatic rings. The van der Waals surface area contributed by atoms with Gasteiger partial charge in [-0.05, 0) is 49.0 Å². The van der Waals surface area contributed by atoms with Crippen molar-refractivity contribution in [1.29, 1.82) is 0 Å². The van der Waals surface area contributed by atoms with Gasteiger partial charge in [0.15, 0.2) is 5.11 Å². The van der Waals surface area contributed by atoms with Crippen molar-refractivity contribution in [2.75, 3.05) is 0 Å². The van der Waals surface area contributed by atoms with Gasteiger partial charge < -0.3 is 5.32 Å². The Bertz CT molecular complexity index is 942. The molecule has 1 heterocycles. The van der Waals surface area contributed by atoms with Gasteiger partial charge in [0.05, 0.1) is 5.69 Å². The fourth-order valence-corrected chi connectivity index (χ4v) is 2.43.